The van der Waals surface area contributed by atoms with Crippen LogP contribution in [0.1, 0.15) is 25.1 Å². The van der Waals surface area contributed by atoms with Crippen molar-refractivity contribution in [2.75, 3.05) is 0 Å². The van der Waals surface area contributed by atoms with Crippen molar-refractivity contribution in [2.45, 2.75) is 33.4 Å². The van der Waals surface area contributed by atoms with Crippen LogP contribution in [0, 0.1) is 6.92 Å². The number of rotatable bonds is 5. The molecule has 0 spiro atoms. The maximum Gasteiger partial charge on any atom is 0.238 e. The van der Waals surface area contributed by atoms with Gasteiger partial charge in [0.15, 0.2) is 0 Å². The average Bonchev–Trinajstić information content (AvgIpc) is 2.40. The van der Waals surface area contributed by atoms with Crippen molar-refractivity contribution in [2.24, 2.45) is 0 Å². The van der Waals surface area contributed by atoms with Crippen molar-refractivity contribution in [1.82, 2.24) is 15.5 Å². The number of benzene rings is 1. The van der Waals surface area contributed by atoms with Gasteiger partial charge in [-0.1, -0.05) is 32.0 Å². The first-order chi connectivity index (χ1) is 9.15. The standard InChI is InChI=1S/C15H19N3O/c1-11(2)16-10-13-8-9-15(18-17-13)19-14-7-5-4-6-12(14)3/h4-9,11,16H,10H2,1-3H3. The zero-order chi connectivity index (χ0) is 13.7. The van der Waals surface area contributed by atoms with Gasteiger partial charge in [-0.15, -0.1) is 5.10 Å². The first-order valence-electron chi connectivity index (χ1n) is 6.44. The minimum atomic E-state index is 0.435. The quantitative estimate of drug-likeness (QED) is 0.894. The largest absolute Gasteiger partial charge is 0.437 e. The Morgan fingerprint density at radius 2 is 1.89 bits per heavy atom. The monoisotopic (exact) mass is 257 g/mol. The lowest BCUT2D eigenvalue weighted by molar-refractivity contribution is 0.449. The highest BCUT2D eigenvalue weighted by molar-refractivity contribution is 5.34. The summed E-state index contributed by atoms with van der Waals surface area (Å²) >= 11 is 0. The number of aryl methyl sites for hydroxylation is 1. The minimum absolute atomic E-state index is 0.435. The molecule has 0 fully saturated rings. The highest BCUT2D eigenvalue weighted by atomic mass is 16.5. The van der Waals surface area contributed by atoms with E-state index in [2.05, 4.69) is 29.4 Å². The normalized spacial score (nSPS) is 10.7. The third-order valence-corrected chi connectivity index (χ3v) is 2.69. The van der Waals surface area contributed by atoms with Gasteiger partial charge in [-0.05, 0) is 24.6 Å². The van der Waals surface area contributed by atoms with Gasteiger partial charge in [-0.2, -0.15) is 5.10 Å². The summed E-state index contributed by atoms with van der Waals surface area (Å²) in [5.74, 6) is 1.33. The van der Waals surface area contributed by atoms with Crippen molar-refractivity contribution in [3.63, 3.8) is 0 Å². The Morgan fingerprint density at radius 1 is 1.11 bits per heavy atom. The first kappa shape index (κ1) is 13.5. The molecule has 2 rings (SSSR count). The number of aromatic nitrogens is 2. The molecule has 0 aliphatic heterocycles. The van der Waals surface area contributed by atoms with Crippen LogP contribution in [-0.4, -0.2) is 16.2 Å². The van der Waals surface area contributed by atoms with Crippen LogP contribution in [0.4, 0.5) is 0 Å². The Morgan fingerprint density at radius 3 is 2.53 bits per heavy atom. The van der Waals surface area contributed by atoms with Gasteiger partial charge in [0.05, 0.1) is 5.69 Å². The Bertz CT molecular complexity index is 523. The molecule has 0 saturated heterocycles. The Kier molecular flexibility index (Phi) is 4.47. The number of hydrogen-bond donors (Lipinski definition) is 1. The summed E-state index contributed by atoms with van der Waals surface area (Å²) in [5.41, 5.74) is 1.99. The molecule has 0 radical (unpaired) electrons. The molecule has 0 aliphatic carbocycles. The fourth-order valence-corrected chi connectivity index (χ4v) is 1.59. The molecule has 1 N–H and O–H groups in total. The van der Waals surface area contributed by atoms with Crippen LogP contribution in [0.2, 0.25) is 0 Å². The van der Waals surface area contributed by atoms with E-state index < -0.39 is 0 Å². The SMILES string of the molecule is Cc1ccccc1Oc1ccc(CNC(C)C)nn1. The smallest absolute Gasteiger partial charge is 0.238 e. The molecule has 0 atom stereocenters. The third-order valence-electron chi connectivity index (χ3n) is 2.69. The lowest BCUT2D eigenvalue weighted by atomic mass is 10.2. The van der Waals surface area contributed by atoms with Gasteiger partial charge in [0.25, 0.3) is 0 Å². The van der Waals surface area contributed by atoms with Gasteiger partial charge in [0.1, 0.15) is 5.75 Å². The molecular formula is C15H19N3O. The molecule has 1 aromatic heterocycles. The van der Waals surface area contributed by atoms with Gasteiger partial charge in [-0.3, -0.25) is 0 Å². The lowest BCUT2D eigenvalue weighted by Crippen LogP contribution is -2.22. The molecule has 1 heterocycles. The second kappa shape index (κ2) is 6.29. The Hall–Kier alpha value is -1.94. The van der Waals surface area contributed by atoms with Crippen LogP contribution in [0.5, 0.6) is 11.6 Å². The van der Waals surface area contributed by atoms with E-state index in [9.17, 15) is 0 Å². The predicted octanol–water partition coefficient (Wildman–Crippen LogP) is 3.08. The summed E-state index contributed by atoms with van der Waals surface area (Å²) in [5, 5.41) is 11.5. The molecular weight excluding hydrogens is 238 g/mol. The second-order valence-corrected chi connectivity index (χ2v) is 4.77. The van der Waals surface area contributed by atoms with Gasteiger partial charge in [0, 0.05) is 18.7 Å². The van der Waals surface area contributed by atoms with Crippen LogP contribution in [0.3, 0.4) is 0 Å². The molecule has 0 amide bonds. The summed E-state index contributed by atoms with van der Waals surface area (Å²) in [4.78, 5) is 0. The summed E-state index contributed by atoms with van der Waals surface area (Å²) in [6.07, 6.45) is 0. The van der Waals surface area contributed by atoms with Crippen molar-refractivity contribution >= 4 is 0 Å². The fourth-order valence-electron chi connectivity index (χ4n) is 1.59. The molecule has 1 aromatic carbocycles. The molecule has 0 bridgehead atoms. The molecule has 0 aliphatic rings. The molecule has 4 heteroatoms. The maximum atomic E-state index is 5.70. The number of nitrogens with one attached hydrogen (secondary N) is 1. The molecule has 0 unspecified atom stereocenters. The van der Waals surface area contributed by atoms with Crippen LogP contribution in [0.15, 0.2) is 36.4 Å². The van der Waals surface area contributed by atoms with E-state index in [0.29, 0.717) is 11.9 Å². The van der Waals surface area contributed by atoms with E-state index in [4.69, 9.17) is 4.74 Å². The van der Waals surface area contributed by atoms with Crippen LogP contribution < -0.4 is 10.1 Å². The summed E-state index contributed by atoms with van der Waals surface area (Å²) in [7, 11) is 0. The van der Waals surface area contributed by atoms with Crippen LogP contribution in [0.25, 0.3) is 0 Å². The second-order valence-electron chi connectivity index (χ2n) is 4.77. The number of ether oxygens (including phenoxy) is 1. The Balaban J connectivity index is 2.01. The van der Waals surface area contributed by atoms with Crippen LogP contribution in [-0.2, 0) is 6.54 Å². The lowest BCUT2D eigenvalue weighted by Gasteiger charge is -2.08. The highest BCUT2D eigenvalue weighted by Gasteiger charge is 2.03. The maximum absolute atomic E-state index is 5.70. The minimum Gasteiger partial charge on any atom is -0.437 e. The van der Waals surface area contributed by atoms with Gasteiger partial charge < -0.3 is 10.1 Å². The van der Waals surface area contributed by atoms with Gasteiger partial charge in [-0.25, -0.2) is 0 Å². The molecule has 4 nitrogen and oxygen atoms in total. The van der Waals surface area contributed by atoms with E-state index in [0.717, 1.165) is 23.6 Å². The molecule has 2 aromatic rings. The van der Waals surface area contributed by atoms with Crippen molar-refractivity contribution < 1.29 is 4.74 Å². The zero-order valence-corrected chi connectivity index (χ0v) is 11.6. The van der Waals surface area contributed by atoms with Crippen molar-refractivity contribution in [3.8, 4) is 11.6 Å². The number of hydrogen-bond acceptors (Lipinski definition) is 4. The predicted molar refractivity (Wildman–Crippen MR) is 75.3 cm³/mol. The van der Waals surface area contributed by atoms with E-state index in [1.165, 1.54) is 0 Å². The number of nitrogens with zero attached hydrogens (tertiary/aromatic N) is 2. The van der Waals surface area contributed by atoms with E-state index in [1.807, 2.05) is 43.3 Å². The summed E-state index contributed by atoms with van der Waals surface area (Å²) in [6.45, 7) is 6.92. The summed E-state index contributed by atoms with van der Waals surface area (Å²) in [6, 6.07) is 12.1. The average molecular weight is 257 g/mol. The third kappa shape index (κ3) is 4.03. The van der Waals surface area contributed by atoms with Crippen LogP contribution >= 0.6 is 0 Å². The van der Waals surface area contributed by atoms with Gasteiger partial charge >= 0.3 is 0 Å². The van der Waals surface area contributed by atoms with Crippen molar-refractivity contribution in [3.05, 3.63) is 47.7 Å². The first-order valence-corrected chi connectivity index (χ1v) is 6.44. The highest BCUT2D eigenvalue weighted by Crippen LogP contribution is 2.22. The summed E-state index contributed by atoms with van der Waals surface area (Å²) < 4.78 is 5.70. The molecule has 19 heavy (non-hydrogen) atoms. The number of para-hydroxylation sites is 1. The fraction of sp³-hybridized carbons (Fsp3) is 0.333. The Labute approximate surface area is 113 Å². The van der Waals surface area contributed by atoms with E-state index in [1.54, 1.807) is 0 Å². The molecule has 0 saturated carbocycles. The topological polar surface area (TPSA) is 47.0 Å². The van der Waals surface area contributed by atoms with E-state index in [-0.39, 0.29) is 0 Å². The van der Waals surface area contributed by atoms with Crippen molar-refractivity contribution in [1.29, 1.82) is 0 Å². The van der Waals surface area contributed by atoms with Gasteiger partial charge in [0.2, 0.25) is 5.88 Å². The van der Waals surface area contributed by atoms with E-state index >= 15 is 0 Å². The zero-order valence-electron chi connectivity index (χ0n) is 11.6. The molecule has 100 valence electrons.